The van der Waals surface area contributed by atoms with Gasteiger partial charge in [0.15, 0.2) is 11.0 Å². The topological polar surface area (TPSA) is 21.9 Å². The van der Waals surface area contributed by atoms with Crippen LogP contribution in [0.5, 0.6) is 0 Å². The Labute approximate surface area is 191 Å². The summed E-state index contributed by atoms with van der Waals surface area (Å²) in [5, 5.41) is 7.32. The van der Waals surface area contributed by atoms with Crippen molar-refractivity contribution in [2.45, 2.75) is 13.8 Å². The molecule has 0 fully saturated rings. The number of para-hydroxylation sites is 1. The summed E-state index contributed by atoms with van der Waals surface area (Å²) >= 11 is 0. The lowest BCUT2D eigenvalue weighted by Gasteiger charge is -2.04. The van der Waals surface area contributed by atoms with Gasteiger partial charge in [0.25, 0.3) is 5.82 Å². The molecule has 2 heterocycles. The Morgan fingerprint density at radius 1 is 0.667 bits per heavy atom. The minimum atomic E-state index is 0.926. The fraction of sp³-hybridized carbons (Fsp3) is 0.100. The summed E-state index contributed by atoms with van der Waals surface area (Å²) in [6.07, 6.45) is 0. The average molecular weight is 428 g/mol. The highest BCUT2D eigenvalue weighted by Gasteiger charge is 2.24. The molecule has 0 spiro atoms. The molecule has 0 bridgehead atoms. The van der Waals surface area contributed by atoms with E-state index in [1.165, 1.54) is 44.1 Å². The first-order chi connectivity index (χ1) is 16.1. The molecule has 33 heavy (non-hydrogen) atoms. The second kappa shape index (κ2) is 6.46. The van der Waals surface area contributed by atoms with Gasteiger partial charge in [-0.1, -0.05) is 54.6 Å². The van der Waals surface area contributed by atoms with E-state index in [0.29, 0.717) is 0 Å². The minimum Gasteiger partial charge on any atom is -0.456 e. The molecule has 0 aliphatic rings. The molecule has 158 valence electrons. The van der Waals surface area contributed by atoms with Gasteiger partial charge in [-0.15, -0.1) is 0 Å². The molecule has 0 unspecified atom stereocenters. The molecule has 3 heteroatoms. The first-order valence-electron chi connectivity index (χ1n) is 11.3. The van der Waals surface area contributed by atoms with Gasteiger partial charge in [-0.25, -0.2) is 4.57 Å². The molecule has 2 aromatic heterocycles. The van der Waals surface area contributed by atoms with Crippen LogP contribution in [0, 0.1) is 13.8 Å². The second-order valence-corrected chi connectivity index (χ2v) is 9.02. The van der Waals surface area contributed by atoms with Crippen LogP contribution in [0.3, 0.4) is 0 Å². The fourth-order valence-electron chi connectivity index (χ4n) is 5.36. The van der Waals surface area contributed by atoms with Crippen LogP contribution >= 0.6 is 0 Å². The van der Waals surface area contributed by atoms with E-state index in [4.69, 9.17) is 4.42 Å². The molecule has 5 aromatic carbocycles. The summed E-state index contributed by atoms with van der Waals surface area (Å²) in [4.78, 5) is 0. The van der Waals surface area contributed by atoms with Crippen molar-refractivity contribution in [3.63, 3.8) is 0 Å². The van der Waals surface area contributed by atoms with Gasteiger partial charge in [-0.05, 0) is 52.2 Å². The number of furan rings is 1. The summed E-state index contributed by atoms with van der Waals surface area (Å²) in [5.74, 6) is 1.19. The third kappa shape index (κ3) is 2.48. The summed E-state index contributed by atoms with van der Waals surface area (Å²) in [6, 6.07) is 30.5. The van der Waals surface area contributed by atoms with Crippen LogP contribution in [0.1, 0.15) is 11.4 Å². The first-order valence-corrected chi connectivity index (χ1v) is 11.3. The van der Waals surface area contributed by atoms with Gasteiger partial charge in [0.05, 0.1) is 7.05 Å². The fourth-order valence-corrected chi connectivity index (χ4v) is 5.36. The van der Waals surface area contributed by atoms with Gasteiger partial charge < -0.3 is 4.42 Å². The summed E-state index contributed by atoms with van der Waals surface area (Å²) in [5.41, 5.74) is 6.68. The molecular weight excluding hydrogens is 404 g/mol. The predicted molar refractivity (Wildman–Crippen MR) is 136 cm³/mol. The first kappa shape index (κ1) is 18.5. The number of hydrogen-bond acceptors (Lipinski definition) is 1. The number of aromatic nitrogens is 2. The van der Waals surface area contributed by atoms with Crippen LogP contribution in [0.25, 0.3) is 60.2 Å². The maximum absolute atomic E-state index is 6.39. The van der Waals surface area contributed by atoms with Crippen molar-refractivity contribution in [1.29, 1.82) is 0 Å². The SMILES string of the molecule is Cc1ccccc1-n1c(C)[n+](C)c2cc3oc4cc5ccc6ccccc6c5cc4c3cc21. The lowest BCUT2D eigenvalue weighted by Crippen LogP contribution is -2.30. The zero-order valence-electron chi connectivity index (χ0n) is 18.9. The normalized spacial score (nSPS) is 12.1. The van der Waals surface area contributed by atoms with Crippen LogP contribution < -0.4 is 4.57 Å². The Morgan fingerprint density at radius 2 is 1.39 bits per heavy atom. The van der Waals surface area contributed by atoms with E-state index in [-0.39, 0.29) is 0 Å². The van der Waals surface area contributed by atoms with E-state index in [2.05, 4.69) is 115 Å². The largest absolute Gasteiger partial charge is 0.456 e. The highest BCUT2D eigenvalue weighted by atomic mass is 16.3. The van der Waals surface area contributed by atoms with Crippen molar-refractivity contribution in [2.75, 3.05) is 0 Å². The Kier molecular flexibility index (Phi) is 3.61. The van der Waals surface area contributed by atoms with E-state index in [0.717, 1.165) is 27.5 Å². The van der Waals surface area contributed by atoms with E-state index in [1.54, 1.807) is 0 Å². The quantitative estimate of drug-likeness (QED) is 0.199. The van der Waals surface area contributed by atoms with E-state index in [1.807, 2.05) is 0 Å². The highest BCUT2D eigenvalue weighted by molar-refractivity contribution is 6.17. The van der Waals surface area contributed by atoms with Crippen LogP contribution in [0.4, 0.5) is 0 Å². The predicted octanol–water partition coefficient (Wildman–Crippen LogP) is 7.28. The molecule has 0 amide bonds. The number of aryl methyl sites for hydroxylation is 2. The highest BCUT2D eigenvalue weighted by Crippen LogP contribution is 2.37. The molecule has 0 saturated carbocycles. The number of rotatable bonds is 1. The Bertz CT molecular complexity index is 1900. The Hall–Kier alpha value is -4.11. The number of imidazole rings is 1. The average Bonchev–Trinajstić information content (AvgIpc) is 3.30. The van der Waals surface area contributed by atoms with Crippen molar-refractivity contribution < 1.29 is 8.98 Å². The lowest BCUT2D eigenvalue weighted by atomic mass is 10.00. The summed E-state index contributed by atoms with van der Waals surface area (Å²) in [7, 11) is 2.13. The van der Waals surface area contributed by atoms with Crippen molar-refractivity contribution in [3.8, 4) is 5.69 Å². The molecule has 0 radical (unpaired) electrons. The van der Waals surface area contributed by atoms with Gasteiger partial charge >= 0.3 is 0 Å². The van der Waals surface area contributed by atoms with Gasteiger partial charge in [0.1, 0.15) is 16.9 Å². The van der Waals surface area contributed by atoms with Crippen molar-refractivity contribution in [1.82, 2.24) is 4.57 Å². The number of fused-ring (bicyclic) bond motifs is 7. The van der Waals surface area contributed by atoms with Crippen LogP contribution in [0.15, 0.2) is 89.3 Å². The van der Waals surface area contributed by atoms with Crippen LogP contribution in [0.2, 0.25) is 0 Å². The summed E-state index contributed by atoms with van der Waals surface area (Å²) in [6.45, 7) is 4.34. The smallest absolute Gasteiger partial charge is 0.259 e. The standard InChI is InChI=1S/C30H23N2O/c1-18-8-4-7-11-26(18)32-19(2)31(3)27-17-30-25(16-28(27)32)24-15-23-21(14-29(24)33-30)13-12-20-9-5-6-10-22(20)23/h4-17H,1-3H3/q+1. The van der Waals surface area contributed by atoms with E-state index in [9.17, 15) is 0 Å². The van der Waals surface area contributed by atoms with Gasteiger partial charge in [-0.3, -0.25) is 0 Å². The van der Waals surface area contributed by atoms with E-state index >= 15 is 0 Å². The monoisotopic (exact) mass is 427 g/mol. The third-order valence-corrected chi connectivity index (χ3v) is 7.20. The van der Waals surface area contributed by atoms with Gasteiger partial charge in [-0.2, -0.15) is 4.57 Å². The van der Waals surface area contributed by atoms with Crippen LogP contribution in [-0.2, 0) is 7.05 Å². The lowest BCUT2D eigenvalue weighted by molar-refractivity contribution is -0.652. The third-order valence-electron chi connectivity index (χ3n) is 7.20. The van der Waals surface area contributed by atoms with Crippen LogP contribution in [-0.4, -0.2) is 4.57 Å². The molecule has 7 rings (SSSR count). The van der Waals surface area contributed by atoms with Crippen molar-refractivity contribution in [3.05, 3.63) is 96.3 Å². The maximum Gasteiger partial charge on any atom is 0.259 e. The van der Waals surface area contributed by atoms with Crippen molar-refractivity contribution >= 4 is 54.5 Å². The molecule has 0 atom stereocenters. The molecule has 0 N–H and O–H groups in total. The molecule has 7 aromatic rings. The molecule has 0 saturated heterocycles. The molecular formula is C30H23N2O+. The molecule has 0 aliphatic carbocycles. The summed E-state index contributed by atoms with van der Waals surface area (Å²) < 4.78 is 11.0. The Balaban J connectivity index is 1.62. The van der Waals surface area contributed by atoms with Gasteiger partial charge in [0, 0.05) is 29.8 Å². The molecule has 3 nitrogen and oxygen atoms in total. The number of nitrogens with zero attached hydrogens (tertiary/aromatic N) is 2. The molecule has 0 aliphatic heterocycles. The van der Waals surface area contributed by atoms with E-state index < -0.39 is 0 Å². The second-order valence-electron chi connectivity index (χ2n) is 9.02. The maximum atomic E-state index is 6.39. The van der Waals surface area contributed by atoms with Gasteiger partial charge in [0.2, 0.25) is 0 Å². The minimum absolute atomic E-state index is 0.926. The zero-order valence-corrected chi connectivity index (χ0v) is 18.9. The number of hydrogen-bond donors (Lipinski definition) is 0. The van der Waals surface area contributed by atoms with Crippen molar-refractivity contribution in [2.24, 2.45) is 7.05 Å². The Morgan fingerprint density at radius 3 is 2.27 bits per heavy atom. The number of benzene rings is 5. The zero-order chi connectivity index (χ0) is 22.3.